The van der Waals surface area contributed by atoms with Crippen LogP contribution in [0.5, 0.6) is 0 Å². The number of aliphatic hydroxyl groups excluding tert-OH is 2. The highest BCUT2D eigenvalue weighted by Crippen LogP contribution is 2.17. The number of hydrogen-bond donors (Lipinski definition) is 3. The number of rotatable bonds is 7. The smallest absolute Gasteiger partial charge is 0.281 e. The van der Waals surface area contributed by atoms with E-state index in [1.165, 1.54) is 4.90 Å². The van der Waals surface area contributed by atoms with Gasteiger partial charge >= 0.3 is 0 Å². The molecule has 0 aromatic rings. The monoisotopic (exact) mass is 255 g/mol. The summed E-state index contributed by atoms with van der Waals surface area (Å²) >= 11 is 0. The average Bonchev–Trinajstić information content (AvgIpc) is 2.21. The first-order valence-electron chi connectivity index (χ1n) is 5.25. The fourth-order valence-electron chi connectivity index (χ4n) is 1.77. The average molecular weight is 255 g/mol. The minimum Gasteiger partial charge on any atom is -0.395 e. The van der Waals surface area contributed by atoms with E-state index in [1.807, 2.05) is 0 Å². The predicted molar refractivity (Wildman–Crippen MR) is 60.6 cm³/mol. The first-order chi connectivity index (χ1) is 7.29. The summed E-state index contributed by atoms with van der Waals surface area (Å²) in [7, 11) is -4.22. The van der Waals surface area contributed by atoms with Gasteiger partial charge in [-0.1, -0.05) is 6.92 Å². The largest absolute Gasteiger partial charge is 0.395 e. The SMILES string of the molecule is CCC(N(C(C)CO)C(C)CO)S(=O)(=O)O. The van der Waals surface area contributed by atoms with Crippen molar-refractivity contribution in [2.45, 2.75) is 44.6 Å². The van der Waals surface area contributed by atoms with Crippen molar-refractivity contribution >= 4 is 10.1 Å². The Bertz CT molecular complexity index is 282. The van der Waals surface area contributed by atoms with Gasteiger partial charge < -0.3 is 10.2 Å². The molecule has 0 aromatic heterocycles. The van der Waals surface area contributed by atoms with Gasteiger partial charge in [-0.3, -0.25) is 9.45 Å². The lowest BCUT2D eigenvalue weighted by atomic mass is 10.2. The molecule has 0 amide bonds. The molecular formula is C9H21NO5S. The molecule has 0 aliphatic carbocycles. The highest BCUT2D eigenvalue weighted by Gasteiger charge is 2.34. The van der Waals surface area contributed by atoms with Crippen molar-refractivity contribution in [3.8, 4) is 0 Å². The van der Waals surface area contributed by atoms with E-state index < -0.39 is 27.6 Å². The topological polar surface area (TPSA) is 98.1 Å². The lowest BCUT2D eigenvalue weighted by Gasteiger charge is -2.37. The molecule has 0 aliphatic rings. The van der Waals surface area contributed by atoms with Crippen LogP contribution in [0.25, 0.3) is 0 Å². The first kappa shape index (κ1) is 15.8. The van der Waals surface area contributed by atoms with Gasteiger partial charge in [-0.15, -0.1) is 0 Å². The van der Waals surface area contributed by atoms with Gasteiger partial charge in [-0.05, 0) is 20.3 Å². The summed E-state index contributed by atoms with van der Waals surface area (Å²) in [6, 6.07) is -0.900. The van der Waals surface area contributed by atoms with Crippen LogP contribution in [-0.2, 0) is 10.1 Å². The van der Waals surface area contributed by atoms with Gasteiger partial charge in [0, 0.05) is 12.1 Å². The van der Waals surface area contributed by atoms with Crippen LogP contribution in [0.15, 0.2) is 0 Å². The minimum atomic E-state index is -4.22. The summed E-state index contributed by atoms with van der Waals surface area (Å²) in [5.41, 5.74) is 0. The first-order valence-corrected chi connectivity index (χ1v) is 6.75. The van der Waals surface area contributed by atoms with Crippen LogP contribution < -0.4 is 0 Å². The van der Waals surface area contributed by atoms with E-state index in [0.717, 1.165) is 0 Å². The van der Waals surface area contributed by atoms with Gasteiger partial charge in [0.1, 0.15) is 5.37 Å². The number of nitrogens with zero attached hydrogens (tertiary/aromatic N) is 1. The molecule has 3 atom stereocenters. The maximum atomic E-state index is 11.2. The fourth-order valence-corrected chi connectivity index (χ4v) is 2.91. The summed E-state index contributed by atoms with van der Waals surface area (Å²) < 4.78 is 31.5. The highest BCUT2D eigenvalue weighted by molar-refractivity contribution is 7.86. The zero-order valence-electron chi connectivity index (χ0n) is 9.87. The molecule has 16 heavy (non-hydrogen) atoms. The van der Waals surface area contributed by atoms with Gasteiger partial charge in [-0.2, -0.15) is 8.42 Å². The second kappa shape index (κ2) is 6.51. The summed E-state index contributed by atoms with van der Waals surface area (Å²) in [4.78, 5) is 1.41. The summed E-state index contributed by atoms with van der Waals surface area (Å²) in [5, 5.41) is 17.0. The van der Waals surface area contributed by atoms with E-state index in [1.54, 1.807) is 20.8 Å². The van der Waals surface area contributed by atoms with Crippen LogP contribution >= 0.6 is 0 Å². The van der Waals surface area contributed by atoms with Gasteiger partial charge in [0.15, 0.2) is 0 Å². The predicted octanol–water partition coefficient (Wildman–Crippen LogP) is -0.326. The molecule has 6 nitrogen and oxygen atoms in total. The summed E-state index contributed by atoms with van der Waals surface area (Å²) in [5.74, 6) is 0. The lowest BCUT2D eigenvalue weighted by Crippen LogP contribution is -2.52. The second-order valence-corrected chi connectivity index (χ2v) is 5.46. The molecule has 3 unspecified atom stereocenters. The van der Waals surface area contributed by atoms with E-state index in [0.29, 0.717) is 0 Å². The molecule has 0 spiro atoms. The van der Waals surface area contributed by atoms with Crippen molar-refractivity contribution in [2.24, 2.45) is 0 Å². The Hall–Kier alpha value is -0.210. The van der Waals surface area contributed by atoms with Gasteiger partial charge in [0.05, 0.1) is 13.2 Å². The molecule has 0 radical (unpaired) electrons. The normalized spacial score (nSPS) is 18.4. The maximum Gasteiger partial charge on any atom is 0.281 e. The highest BCUT2D eigenvalue weighted by atomic mass is 32.2. The van der Waals surface area contributed by atoms with E-state index >= 15 is 0 Å². The molecule has 98 valence electrons. The van der Waals surface area contributed by atoms with Crippen LogP contribution in [0.4, 0.5) is 0 Å². The van der Waals surface area contributed by atoms with Crippen LogP contribution in [0.3, 0.4) is 0 Å². The Morgan fingerprint density at radius 2 is 1.50 bits per heavy atom. The van der Waals surface area contributed by atoms with E-state index in [9.17, 15) is 8.42 Å². The summed E-state index contributed by atoms with van der Waals surface area (Å²) in [6.07, 6.45) is 0.188. The molecule has 0 heterocycles. The Labute approximate surface area is 96.6 Å². The molecule has 0 saturated heterocycles. The van der Waals surface area contributed by atoms with Gasteiger partial charge in [0.2, 0.25) is 0 Å². The Morgan fingerprint density at radius 1 is 1.12 bits per heavy atom. The maximum absolute atomic E-state index is 11.2. The van der Waals surface area contributed by atoms with Crippen molar-refractivity contribution in [1.82, 2.24) is 4.90 Å². The third kappa shape index (κ3) is 3.99. The van der Waals surface area contributed by atoms with Crippen molar-refractivity contribution in [3.05, 3.63) is 0 Å². The molecule has 7 heteroatoms. The second-order valence-electron chi connectivity index (χ2n) is 3.89. The zero-order chi connectivity index (χ0) is 12.9. The zero-order valence-corrected chi connectivity index (χ0v) is 10.7. The molecule has 0 aliphatic heterocycles. The Morgan fingerprint density at radius 3 is 1.69 bits per heavy atom. The molecule has 0 bridgehead atoms. The lowest BCUT2D eigenvalue weighted by molar-refractivity contribution is 0.0525. The standard InChI is InChI=1S/C9H21NO5S/c1-4-9(16(13,14)15)10(7(2)5-11)8(3)6-12/h7-9,11-12H,4-6H2,1-3H3,(H,13,14,15). The van der Waals surface area contributed by atoms with Gasteiger partial charge in [0.25, 0.3) is 10.1 Å². The van der Waals surface area contributed by atoms with Crippen LogP contribution in [0.1, 0.15) is 27.2 Å². The van der Waals surface area contributed by atoms with Gasteiger partial charge in [-0.25, -0.2) is 0 Å². The molecular weight excluding hydrogens is 234 g/mol. The van der Waals surface area contributed by atoms with Crippen molar-refractivity contribution in [3.63, 3.8) is 0 Å². The Balaban J connectivity index is 5.14. The van der Waals surface area contributed by atoms with Crippen LogP contribution in [0.2, 0.25) is 0 Å². The number of aliphatic hydroxyl groups is 2. The van der Waals surface area contributed by atoms with Crippen LogP contribution in [-0.4, -0.2) is 58.8 Å². The minimum absolute atomic E-state index is 0.188. The molecule has 0 saturated carbocycles. The van der Waals surface area contributed by atoms with E-state index in [4.69, 9.17) is 14.8 Å². The quantitative estimate of drug-likeness (QED) is 0.539. The van der Waals surface area contributed by atoms with Crippen molar-refractivity contribution in [1.29, 1.82) is 0 Å². The fraction of sp³-hybridized carbons (Fsp3) is 1.00. The summed E-state index contributed by atoms with van der Waals surface area (Å²) in [6.45, 7) is 4.42. The third-order valence-corrected chi connectivity index (χ3v) is 3.84. The van der Waals surface area contributed by atoms with Crippen LogP contribution in [0, 0.1) is 0 Å². The molecule has 3 N–H and O–H groups in total. The third-order valence-electron chi connectivity index (χ3n) is 2.57. The van der Waals surface area contributed by atoms with E-state index in [2.05, 4.69) is 0 Å². The molecule has 0 fully saturated rings. The molecule has 0 rings (SSSR count). The van der Waals surface area contributed by atoms with E-state index in [-0.39, 0.29) is 19.6 Å². The Kier molecular flexibility index (Phi) is 6.42. The van der Waals surface area contributed by atoms with Crippen molar-refractivity contribution < 1.29 is 23.2 Å². The number of hydrogen-bond acceptors (Lipinski definition) is 5. The molecule has 0 aromatic carbocycles. The van der Waals surface area contributed by atoms with Crippen molar-refractivity contribution in [2.75, 3.05) is 13.2 Å².